The van der Waals surface area contributed by atoms with Gasteiger partial charge in [-0.15, -0.1) is 0 Å². The molecule has 0 bridgehead atoms. The average molecular weight is 404 g/mol. The molecule has 2 fully saturated rings. The molecule has 2 aliphatic rings. The highest BCUT2D eigenvalue weighted by atomic mass is 16.5. The Morgan fingerprint density at radius 1 is 1.03 bits per heavy atom. The summed E-state index contributed by atoms with van der Waals surface area (Å²) < 4.78 is 10.8. The highest BCUT2D eigenvalue weighted by Gasteiger charge is 2.32. The van der Waals surface area contributed by atoms with Gasteiger partial charge in [0, 0.05) is 57.8 Å². The standard InChI is InChI=1S/C22H33N3O4/c1-4-21(26)25-9-5-6-17(16-25)22(27)24-12-10-23(11-13-24)15-18-14-19(28-2)7-8-20(18)29-3/h7-8,14,17H,4-6,9-13,15-16H2,1-3H3. The van der Waals surface area contributed by atoms with E-state index in [0.717, 1.165) is 69.2 Å². The first-order valence-electron chi connectivity index (χ1n) is 10.6. The fraction of sp³-hybridized carbons (Fsp3) is 0.636. The lowest BCUT2D eigenvalue weighted by atomic mass is 9.96. The molecule has 0 aromatic heterocycles. The minimum atomic E-state index is -0.0516. The second-order valence-corrected chi connectivity index (χ2v) is 7.81. The average Bonchev–Trinajstić information content (AvgIpc) is 2.78. The van der Waals surface area contributed by atoms with Gasteiger partial charge in [-0.1, -0.05) is 6.92 Å². The molecule has 7 nitrogen and oxygen atoms in total. The van der Waals surface area contributed by atoms with Crippen molar-refractivity contribution in [2.24, 2.45) is 5.92 Å². The molecule has 2 heterocycles. The van der Waals surface area contributed by atoms with Crippen LogP contribution in [0.3, 0.4) is 0 Å². The quantitative estimate of drug-likeness (QED) is 0.727. The molecule has 160 valence electrons. The Bertz CT molecular complexity index is 716. The number of carbonyl (C=O) groups is 2. The number of benzene rings is 1. The van der Waals surface area contributed by atoms with Gasteiger partial charge in [0.15, 0.2) is 0 Å². The summed E-state index contributed by atoms with van der Waals surface area (Å²) in [5.74, 6) is 1.98. The van der Waals surface area contributed by atoms with Gasteiger partial charge >= 0.3 is 0 Å². The van der Waals surface area contributed by atoms with E-state index >= 15 is 0 Å². The smallest absolute Gasteiger partial charge is 0.227 e. The predicted octanol–water partition coefficient (Wildman–Crippen LogP) is 2.00. The van der Waals surface area contributed by atoms with Gasteiger partial charge in [-0.3, -0.25) is 14.5 Å². The van der Waals surface area contributed by atoms with E-state index in [1.54, 1.807) is 14.2 Å². The molecule has 2 saturated heterocycles. The third-order valence-electron chi connectivity index (χ3n) is 5.99. The Morgan fingerprint density at radius 2 is 1.79 bits per heavy atom. The van der Waals surface area contributed by atoms with Crippen molar-refractivity contribution < 1.29 is 19.1 Å². The zero-order valence-electron chi connectivity index (χ0n) is 17.9. The summed E-state index contributed by atoms with van der Waals surface area (Å²) in [6, 6.07) is 5.84. The van der Waals surface area contributed by atoms with Gasteiger partial charge in [0.1, 0.15) is 11.5 Å². The van der Waals surface area contributed by atoms with E-state index in [2.05, 4.69) is 4.90 Å². The number of ether oxygens (including phenoxy) is 2. The van der Waals surface area contributed by atoms with Crippen LogP contribution >= 0.6 is 0 Å². The maximum atomic E-state index is 13.0. The Balaban J connectivity index is 1.54. The summed E-state index contributed by atoms with van der Waals surface area (Å²) in [4.78, 5) is 31.2. The zero-order chi connectivity index (χ0) is 20.8. The molecule has 29 heavy (non-hydrogen) atoms. The SMILES string of the molecule is CCC(=O)N1CCCC(C(=O)N2CCN(Cc3cc(OC)ccc3OC)CC2)C1. The Morgan fingerprint density at radius 3 is 2.45 bits per heavy atom. The molecule has 1 atom stereocenters. The van der Waals surface area contributed by atoms with Crippen LogP contribution in [0, 0.1) is 5.92 Å². The lowest BCUT2D eigenvalue weighted by Crippen LogP contribution is -2.52. The second-order valence-electron chi connectivity index (χ2n) is 7.81. The van der Waals surface area contributed by atoms with Gasteiger partial charge in [-0.2, -0.15) is 0 Å². The van der Waals surface area contributed by atoms with E-state index in [4.69, 9.17) is 9.47 Å². The van der Waals surface area contributed by atoms with E-state index < -0.39 is 0 Å². The van der Waals surface area contributed by atoms with E-state index in [0.29, 0.717) is 13.0 Å². The molecule has 0 spiro atoms. The van der Waals surface area contributed by atoms with Crippen molar-refractivity contribution in [1.29, 1.82) is 0 Å². The van der Waals surface area contributed by atoms with E-state index in [1.807, 2.05) is 34.9 Å². The molecule has 0 aliphatic carbocycles. The monoisotopic (exact) mass is 403 g/mol. The van der Waals surface area contributed by atoms with Gasteiger partial charge < -0.3 is 19.3 Å². The van der Waals surface area contributed by atoms with Crippen molar-refractivity contribution in [2.45, 2.75) is 32.7 Å². The fourth-order valence-corrected chi connectivity index (χ4v) is 4.26. The number of rotatable bonds is 6. The lowest BCUT2D eigenvalue weighted by Gasteiger charge is -2.39. The number of carbonyl (C=O) groups excluding carboxylic acids is 2. The molecule has 1 aromatic carbocycles. The van der Waals surface area contributed by atoms with E-state index in [9.17, 15) is 9.59 Å². The number of amides is 2. The second kappa shape index (κ2) is 9.96. The van der Waals surface area contributed by atoms with Gasteiger partial charge in [0.25, 0.3) is 0 Å². The number of hydrogen-bond acceptors (Lipinski definition) is 5. The summed E-state index contributed by atoms with van der Waals surface area (Å²) in [6.07, 6.45) is 2.30. The van der Waals surface area contributed by atoms with E-state index in [-0.39, 0.29) is 17.7 Å². The molecule has 2 aliphatic heterocycles. The van der Waals surface area contributed by atoms with Crippen molar-refractivity contribution in [3.05, 3.63) is 23.8 Å². The third kappa shape index (κ3) is 5.21. The summed E-state index contributed by atoms with van der Waals surface area (Å²) in [6.45, 7) is 7.12. The molecule has 7 heteroatoms. The molecular weight excluding hydrogens is 370 g/mol. The zero-order valence-corrected chi connectivity index (χ0v) is 17.9. The van der Waals surface area contributed by atoms with Crippen molar-refractivity contribution >= 4 is 11.8 Å². The summed E-state index contributed by atoms with van der Waals surface area (Å²) >= 11 is 0. The number of hydrogen-bond donors (Lipinski definition) is 0. The van der Waals surface area contributed by atoms with Crippen LogP contribution in [-0.2, 0) is 16.1 Å². The number of piperidine rings is 1. The molecule has 1 aromatic rings. The van der Waals surface area contributed by atoms with Crippen LogP contribution in [0.2, 0.25) is 0 Å². The van der Waals surface area contributed by atoms with E-state index in [1.165, 1.54) is 0 Å². The van der Waals surface area contributed by atoms with Crippen molar-refractivity contribution in [3.63, 3.8) is 0 Å². The van der Waals surface area contributed by atoms with Gasteiger partial charge in [-0.05, 0) is 31.0 Å². The van der Waals surface area contributed by atoms with Crippen LogP contribution in [0.15, 0.2) is 18.2 Å². The number of piperazine rings is 1. The Labute approximate surface area is 173 Å². The van der Waals surface area contributed by atoms with Crippen LogP contribution in [0.25, 0.3) is 0 Å². The topological polar surface area (TPSA) is 62.3 Å². The predicted molar refractivity (Wildman–Crippen MR) is 111 cm³/mol. The first-order valence-corrected chi connectivity index (χ1v) is 10.6. The van der Waals surface area contributed by atoms with Gasteiger partial charge in [0.2, 0.25) is 11.8 Å². The highest BCUT2D eigenvalue weighted by molar-refractivity contribution is 5.81. The normalized spacial score (nSPS) is 20.4. The van der Waals surface area contributed by atoms with Crippen LogP contribution in [-0.4, -0.2) is 80.0 Å². The molecule has 0 N–H and O–H groups in total. The van der Waals surface area contributed by atoms with Gasteiger partial charge in [0.05, 0.1) is 20.1 Å². The molecule has 1 unspecified atom stereocenters. The molecule has 0 saturated carbocycles. The van der Waals surface area contributed by atoms with Crippen LogP contribution in [0.4, 0.5) is 0 Å². The molecule has 3 rings (SSSR count). The van der Waals surface area contributed by atoms with Crippen molar-refractivity contribution in [2.75, 3.05) is 53.5 Å². The first kappa shape index (κ1) is 21.4. The summed E-state index contributed by atoms with van der Waals surface area (Å²) in [5, 5.41) is 0. The molecular formula is C22H33N3O4. The third-order valence-corrected chi connectivity index (χ3v) is 5.99. The van der Waals surface area contributed by atoms with Crippen LogP contribution in [0.1, 0.15) is 31.7 Å². The van der Waals surface area contributed by atoms with Crippen LogP contribution in [0.5, 0.6) is 11.5 Å². The Hall–Kier alpha value is -2.28. The first-order chi connectivity index (χ1) is 14.0. The maximum absolute atomic E-state index is 13.0. The van der Waals surface area contributed by atoms with Gasteiger partial charge in [-0.25, -0.2) is 0 Å². The van der Waals surface area contributed by atoms with Crippen molar-refractivity contribution in [1.82, 2.24) is 14.7 Å². The number of likely N-dealkylation sites (tertiary alicyclic amines) is 1. The minimum absolute atomic E-state index is 0.0516. The fourth-order valence-electron chi connectivity index (χ4n) is 4.26. The van der Waals surface area contributed by atoms with Crippen LogP contribution < -0.4 is 9.47 Å². The highest BCUT2D eigenvalue weighted by Crippen LogP contribution is 2.26. The molecule has 2 amide bonds. The minimum Gasteiger partial charge on any atom is -0.497 e. The lowest BCUT2D eigenvalue weighted by molar-refractivity contribution is -0.142. The van der Waals surface area contributed by atoms with Crippen molar-refractivity contribution in [3.8, 4) is 11.5 Å². The number of methoxy groups -OCH3 is 2. The summed E-state index contributed by atoms with van der Waals surface area (Å²) in [5.41, 5.74) is 1.09. The largest absolute Gasteiger partial charge is 0.497 e. The Kier molecular flexibility index (Phi) is 7.36. The summed E-state index contributed by atoms with van der Waals surface area (Å²) in [7, 11) is 3.34. The maximum Gasteiger partial charge on any atom is 0.227 e. The molecule has 0 radical (unpaired) electrons. The number of nitrogens with zero attached hydrogens (tertiary/aromatic N) is 3.